The summed E-state index contributed by atoms with van der Waals surface area (Å²) in [5.74, 6) is -0.0644. The standard InChI is InChI=1S/C26H26N2O6/c1-17(2)34-23-12-6-19(7-13-23)26(31)33-16-24(29)27-20-8-4-18(5-9-20)25(30)28-21-10-14-22(32-3)15-11-21/h4-15,17H,16H2,1-3H3,(H,27,29)(H,28,30). The maximum absolute atomic E-state index is 12.4. The molecule has 0 aliphatic heterocycles. The van der Waals surface area contributed by atoms with E-state index in [0.717, 1.165) is 0 Å². The Morgan fingerprint density at radius 1 is 0.735 bits per heavy atom. The normalized spacial score (nSPS) is 10.4. The average molecular weight is 463 g/mol. The molecule has 176 valence electrons. The van der Waals surface area contributed by atoms with Gasteiger partial charge >= 0.3 is 5.97 Å². The van der Waals surface area contributed by atoms with Crippen LogP contribution in [-0.2, 0) is 9.53 Å². The number of esters is 1. The summed E-state index contributed by atoms with van der Waals surface area (Å²) in [6.45, 7) is 3.38. The maximum atomic E-state index is 12.4. The van der Waals surface area contributed by atoms with Crippen LogP contribution < -0.4 is 20.1 Å². The lowest BCUT2D eigenvalue weighted by molar-refractivity contribution is -0.119. The second-order valence-electron chi connectivity index (χ2n) is 7.58. The second kappa shape index (κ2) is 11.5. The van der Waals surface area contributed by atoms with Crippen LogP contribution in [0.25, 0.3) is 0 Å². The molecule has 8 nitrogen and oxygen atoms in total. The zero-order chi connectivity index (χ0) is 24.5. The third-order valence-electron chi connectivity index (χ3n) is 4.57. The van der Waals surface area contributed by atoms with Crippen LogP contribution in [0.2, 0.25) is 0 Å². The number of carbonyl (C=O) groups is 3. The summed E-state index contributed by atoms with van der Waals surface area (Å²) in [6, 6.07) is 19.8. The minimum Gasteiger partial charge on any atom is -0.497 e. The predicted molar refractivity (Wildman–Crippen MR) is 129 cm³/mol. The first kappa shape index (κ1) is 24.3. The third kappa shape index (κ3) is 7.09. The molecule has 0 saturated heterocycles. The summed E-state index contributed by atoms with van der Waals surface area (Å²) in [6.07, 6.45) is 0.0263. The first-order valence-electron chi connectivity index (χ1n) is 10.6. The summed E-state index contributed by atoms with van der Waals surface area (Å²) in [5, 5.41) is 5.41. The second-order valence-corrected chi connectivity index (χ2v) is 7.58. The van der Waals surface area contributed by atoms with Gasteiger partial charge in [0.25, 0.3) is 11.8 Å². The van der Waals surface area contributed by atoms with E-state index >= 15 is 0 Å². The Labute approximate surface area is 197 Å². The minimum atomic E-state index is -0.614. The first-order valence-corrected chi connectivity index (χ1v) is 10.6. The Morgan fingerprint density at radius 2 is 1.26 bits per heavy atom. The van der Waals surface area contributed by atoms with Gasteiger partial charge < -0.3 is 24.8 Å². The third-order valence-corrected chi connectivity index (χ3v) is 4.57. The molecule has 0 unspecified atom stereocenters. The van der Waals surface area contributed by atoms with Crippen molar-refractivity contribution in [3.8, 4) is 11.5 Å². The van der Waals surface area contributed by atoms with Gasteiger partial charge in [0.2, 0.25) is 0 Å². The monoisotopic (exact) mass is 462 g/mol. The van der Waals surface area contributed by atoms with Crippen molar-refractivity contribution >= 4 is 29.2 Å². The van der Waals surface area contributed by atoms with Gasteiger partial charge in [0.15, 0.2) is 6.61 Å². The van der Waals surface area contributed by atoms with Crippen molar-refractivity contribution in [3.63, 3.8) is 0 Å². The molecule has 3 rings (SSSR count). The van der Waals surface area contributed by atoms with Crippen molar-refractivity contribution in [2.75, 3.05) is 24.4 Å². The predicted octanol–water partition coefficient (Wildman–Crippen LogP) is 4.53. The molecule has 3 aromatic carbocycles. The van der Waals surface area contributed by atoms with E-state index in [4.69, 9.17) is 14.2 Å². The smallest absolute Gasteiger partial charge is 0.338 e. The van der Waals surface area contributed by atoms with E-state index in [-0.39, 0.29) is 12.0 Å². The van der Waals surface area contributed by atoms with Crippen LogP contribution in [0.15, 0.2) is 72.8 Å². The molecule has 0 aliphatic carbocycles. The van der Waals surface area contributed by atoms with E-state index in [9.17, 15) is 14.4 Å². The van der Waals surface area contributed by atoms with Crippen molar-refractivity contribution in [3.05, 3.63) is 83.9 Å². The fraction of sp³-hybridized carbons (Fsp3) is 0.192. The van der Waals surface area contributed by atoms with E-state index in [1.807, 2.05) is 13.8 Å². The van der Waals surface area contributed by atoms with Crippen LogP contribution in [0.1, 0.15) is 34.6 Å². The number of benzene rings is 3. The fourth-order valence-corrected chi connectivity index (χ4v) is 2.94. The van der Waals surface area contributed by atoms with Gasteiger partial charge in [-0.15, -0.1) is 0 Å². The van der Waals surface area contributed by atoms with E-state index in [0.29, 0.717) is 34.0 Å². The molecule has 2 N–H and O–H groups in total. The highest BCUT2D eigenvalue weighted by Gasteiger charge is 2.12. The zero-order valence-electron chi connectivity index (χ0n) is 19.2. The van der Waals surface area contributed by atoms with E-state index in [1.54, 1.807) is 79.9 Å². The maximum Gasteiger partial charge on any atom is 0.338 e. The molecule has 0 aromatic heterocycles. The minimum absolute atomic E-state index is 0.0263. The Balaban J connectivity index is 1.47. The van der Waals surface area contributed by atoms with E-state index < -0.39 is 18.5 Å². The molecule has 0 spiro atoms. The molecule has 34 heavy (non-hydrogen) atoms. The van der Waals surface area contributed by atoms with Crippen molar-refractivity contribution in [2.45, 2.75) is 20.0 Å². The highest BCUT2D eigenvalue weighted by atomic mass is 16.5. The molecule has 0 fully saturated rings. The molecule has 0 aliphatic rings. The number of ether oxygens (including phenoxy) is 3. The summed E-state index contributed by atoms with van der Waals surface area (Å²) in [4.78, 5) is 36.7. The number of rotatable bonds is 9. The van der Waals surface area contributed by atoms with Crippen molar-refractivity contribution in [1.82, 2.24) is 0 Å². The molecule has 2 amide bonds. The largest absolute Gasteiger partial charge is 0.497 e. The van der Waals surface area contributed by atoms with Gasteiger partial charge in [-0.2, -0.15) is 0 Å². The Bertz CT molecular complexity index is 1120. The molecule has 8 heteroatoms. The topological polar surface area (TPSA) is 103 Å². The molecule has 3 aromatic rings. The first-order chi connectivity index (χ1) is 16.3. The number of amides is 2. The molecule has 0 radical (unpaired) electrons. The molecular formula is C26H26N2O6. The quantitative estimate of drug-likeness (QED) is 0.453. The van der Waals surface area contributed by atoms with Crippen molar-refractivity contribution in [2.24, 2.45) is 0 Å². The molecular weight excluding hydrogens is 436 g/mol. The van der Waals surface area contributed by atoms with Gasteiger partial charge in [-0.3, -0.25) is 9.59 Å². The molecule has 0 saturated carbocycles. The van der Waals surface area contributed by atoms with Crippen LogP contribution in [0.3, 0.4) is 0 Å². The van der Waals surface area contributed by atoms with Crippen molar-refractivity contribution < 1.29 is 28.6 Å². The summed E-state index contributed by atoms with van der Waals surface area (Å²) < 4.78 is 15.7. The van der Waals surface area contributed by atoms with Gasteiger partial charge in [0.05, 0.1) is 18.8 Å². The number of carbonyl (C=O) groups excluding carboxylic acids is 3. The molecule has 0 atom stereocenters. The number of methoxy groups -OCH3 is 1. The Morgan fingerprint density at radius 3 is 1.85 bits per heavy atom. The lowest BCUT2D eigenvalue weighted by Crippen LogP contribution is -2.21. The molecule has 0 bridgehead atoms. The number of hydrogen-bond donors (Lipinski definition) is 2. The van der Waals surface area contributed by atoms with E-state index in [2.05, 4.69) is 10.6 Å². The summed E-state index contributed by atoms with van der Waals surface area (Å²) in [7, 11) is 1.57. The van der Waals surface area contributed by atoms with Crippen LogP contribution in [0.5, 0.6) is 11.5 Å². The zero-order valence-corrected chi connectivity index (χ0v) is 19.2. The fourth-order valence-electron chi connectivity index (χ4n) is 2.94. The average Bonchev–Trinajstić information content (AvgIpc) is 2.83. The van der Waals surface area contributed by atoms with Crippen LogP contribution >= 0.6 is 0 Å². The number of nitrogens with one attached hydrogen (secondary N) is 2. The van der Waals surface area contributed by atoms with Gasteiger partial charge in [-0.1, -0.05) is 0 Å². The van der Waals surface area contributed by atoms with Crippen molar-refractivity contribution in [1.29, 1.82) is 0 Å². The van der Waals surface area contributed by atoms with Crippen LogP contribution in [0, 0.1) is 0 Å². The lowest BCUT2D eigenvalue weighted by atomic mass is 10.2. The van der Waals surface area contributed by atoms with Crippen LogP contribution in [-0.4, -0.2) is 37.6 Å². The summed E-state index contributed by atoms with van der Waals surface area (Å²) in [5.41, 5.74) is 1.84. The van der Waals surface area contributed by atoms with Gasteiger partial charge in [-0.05, 0) is 86.6 Å². The Kier molecular flexibility index (Phi) is 8.23. The number of hydrogen-bond acceptors (Lipinski definition) is 6. The van der Waals surface area contributed by atoms with Gasteiger partial charge in [0, 0.05) is 16.9 Å². The highest BCUT2D eigenvalue weighted by molar-refractivity contribution is 6.04. The molecule has 0 heterocycles. The van der Waals surface area contributed by atoms with Gasteiger partial charge in [0.1, 0.15) is 11.5 Å². The van der Waals surface area contributed by atoms with Crippen LogP contribution in [0.4, 0.5) is 11.4 Å². The highest BCUT2D eigenvalue weighted by Crippen LogP contribution is 2.17. The SMILES string of the molecule is COc1ccc(NC(=O)c2ccc(NC(=O)COC(=O)c3ccc(OC(C)C)cc3)cc2)cc1. The lowest BCUT2D eigenvalue weighted by Gasteiger charge is -2.10. The summed E-state index contributed by atoms with van der Waals surface area (Å²) >= 11 is 0. The number of anilines is 2. The van der Waals surface area contributed by atoms with E-state index in [1.165, 1.54) is 0 Å². The van der Waals surface area contributed by atoms with Gasteiger partial charge in [-0.25, -0.2) is 4.79 Å². The Hall–Kier alpha value is -4.33.